The van der Waals surface area contributed by atoms with Crippen LogP contribution in [0.3, 0.4) is 0 Å². The maximum atomic E-state index is 13.6. The van der Waals surface area contributed by atoms with Gasteiger partial charge in [-0.25, -0.2) is 4.39 Å². The number of nitrogens with two attached hydrogens (primary N) is 1. The van der Waals surface area contributed by atoms with Crippen LogP contribution in [0.25, 0.3) is 10.8 Å². The van der Waals surface area contributed by atoms with Gasteiger partial charge in [0.2, 0.25) is 0 Å². The third-order valence-electron chi connectivity index (χ3n) is 2.85. The Morgan fingerprint density at radius 2 is 1.78 bits per heavy atom. The molecule has 0 saturated heterocycles. The molecule has 0 aliphatic carbocycles. The summed E-state index contributed by atoms with van der Waals surface area (Å²) in [5, 5.41) is 1.51. The van der Waals surface area contributed by atoms with E-state index in [0.717, 1.165) is 30.2 Å². The van der Waals surface area contributed by atoms with Crippen LogP contribution in [0, 0.1) is 17.7 Å². The summed E-state index contributed by atoms with van der Waals surface area (Å²) < 4.78 is 13.6. The number of hydrogen-bond donors (Lipinski definition) is 1. The van der Waals surface area contributed by atoms with Crippen LogP contribution in [-0.4, -0.2) is 6.54 Å². The normalized spacial score (nSPS) is 10.1. The molecule has 2 aromatic rings. The number of hydrogen-bond acceptors (Lipinski definition) is 1. The first kappa shape index (κ1) is 12.6. The Labute approximate surface area is 107 Å². The zero-order valence-electron chi connectivity index (χ0n) is 10.2. The number of unbranched alkanes of at least 4 members (excludes halogenated alkanes) is 2. The number of benzene rings is 2. The van der Waals surface area contributed by atoms with Crippen LogP contribution in [-0.2, 0) is 0 Å². The molecule has 2 N–H and O–H groups in total. The van der Waals surface area contributed by atoms with E-state index < -0.39 is 0 Å². The van der Waals surface area contributed by atoms with E-state index >= 15 is 0 Å². The molecule has 0 radical (unpaired) electrons. The van der Waals surface area contributed by atoms with E-state index in [0.29, 0.717) is 11.9 Å². The maximum absolute atomic E-state index is 13.6. The van der Waals surface area contributed by atoms with Gasteiger partial charge < -0.3 is 5.73 Å². The highest BCUT2D eigenvalue weighted by Gasteiger charge is 2.02. The summed E-state index contributed by atoms with van der Waals surface area (Å²) in [4.78, 5) is 0. The van der Waals surface area contributed by atoms with Gasteiger partial charge in [-0.2, -0.15) is 0 Å². The first-order valence-corrected chi connectivity index (χ1v) is 6.19. The van der Waals surface area contributed by atoms with Gasteiger partial charge in [-0.1, -0.05) is 36.1 Å². The van der Waals surface area contributed by atoms with E-state index in [9.17, 15) is 4.39 Å². The van der Waals surface area contributed by atoms with Gasteiger partial charge in [0.1, 0.15) is 5.82 Å². The molecule has 0 spiro atoms. The number of halogens is 1. The fraction of sp³-hybridized carbons (Fsp3) is 0.250. The first-order valence-electron chi connectivity index (χ1n) is 6.19. The second kappa shape index (κ2) is 6.18. The van der Waals surface area contributed by atoms with Crippen molar-refractivity contribution < 1.29 is 4.39 Å². The summed E-state index contributed by atoms with van der Waals surface area (Å²) in [5.74, 6) is 6.04. The summed E-state index contributed by atoms with van der Waals surface area (Å²) in [6, 6.07) is 10.7. The highest BCUT2D eigenvalue weighted by Crippen LogP contribution is 2.21. The molecule has 0 bridgehead atoms. The van der Waals surface area contributed by atoms with Crippen molar-refractivity contribution in [1.82, 2.24) is 0 Å². The molecule has 0 fully saturated rings. The third-order valence-corrected chi connectivity index (χ3v) is 2.85. The molecule has 0 heterocycles. The second-order valence-electron chi connectivity index (χ2n) is 4.19. The molecule has 0 aromatic heterocycles. The molecule has 1 nitrogen and oxygen atoms in total. The number of fused-ring (bicyclic) bond motifs is 1. The molecule has 2 rings (SSSR count). The largest absolute Gasteiger partial charge is 0.330 e. The second-order valence-corrected chi connectivity index (χ2v) is 4.19. The SMILES string of the molecule is NCCCCC#Cc1ccc(F)c2ccccc12. The lowest BCUT2D eigenvalue weighted by molar-refractivity contribution is 0.640. The smallest absolute Gasteiger partial charge is 0.131 e. The van der Waals surface area contributed by atoms with Crippen molar-refractivity contribution in [3.63, 3.8) is 0 Å². The van der Waals surface area contributed by atoms with Crippen LogP contribution < -0.4 is 5.73 Å². The Morgan fingerprint density at radius 3 is 2.56 bits per heavy atom. The molecule has 92 valence electrons. The molecule has 2 heteroatoms. The molecule has 0 aliphatic heterocycles. The Morgan fingerprint density at radius 1 is 1.00 bits per heavy atom. The third kappa shape index (κ3) is 2.88. The first-order chi connectivity index (χ1) is 8.83. The van der Waals surface area contributed by atoms with Crippen molar-refractivity contribution in [2.75, 3.05) is 6.54 Å². The molecule has 0 amide bonds. The summed E-state index contributed by atoms with van der Waals surface area (Å²) in [6.45, 7) is 0.709. The van der Waals surface area contributed by atoms with Gasteiger partial charge in [-0.15, -0.1) is 0 Å². The average Bonchev–Trinajstić information content (AvgIpc) is 2.41. The minimum absolute atomic E-state index is 0.195. The van der Waals surface area contributed by atoms with Crippen molar-refractivity contribution >= 4 is 10.8 Å². The Hall–Kier alpha value is -1.85. The predicted octanol–water partition coefficient (Wildman–Crippen LogP) is 3.46. The van der Waals surface area contributed by atoms with E-state index in [1.165, 1.54) is 6.07 Å². The lowest BCUT2D eigenvalue weighted by Crippen LogP contribution is -1.96. The van der Waals surface area contributed by atoms with Gasteiger partial charge in [0.25, 0.3) is 0 Å². The van der Waals surface area contributed by atoms with Crippen LogP contribution >= 0.6 is 0 Å². The topological polar surface area (TPSA) is 26.0 Å². The van der Waals surface area contributed by atoms with Gasteiger partial charge in [0.15, 0.2) is 0 Å². The van der Waals surface area contributed by atoms with Crippen molar-refractivity contribution in [2.45, 2.75) is 19.3 Å². The zero-order chi connectivity index (χ0) is 12.8. The summed E-state index contributed by atoms with van der Waals surface area (Å²) in [5.41, 5.74) is 6.31. The lowest BCUT2D eigenvalue weighted by atomic mass is 10.0. The minimum Gasteiger partial charge on any atom is -0.330 e. The zero-order valence-corrected chi connectivity index (χ0v) is 10.2. The van der Waals surface area contributed by atoms with E-state index in [-0.39, 0.29) is 5.82 Å². The number of rotatable bonds is 3. The van der Waals surface area contributed by atoms with E-state index in [1.807, 2.05) is 18.2 Å². The molecule has 18 heavy (non-hydrogen) atoms. The van der Waals surface area contributed by atoms with E-state index in [4.69, 9.17) is 5.73 Å². The fourth-order valence-electron chi connectivity index (χ4n) is 1.89. The molecule has 0 aliphatic rings. The van der Waals surface area contributed by atoms with Gasteiger partial charge in [-0.3, -0.25) is 0 Å². The highest BCUT2D eigenvalue weighted by molar-refractivity contribution is 5.88. The van der Waals surface area contributed by atoms with Gasteiger partial charge >= 0.3 is 0 Å². The molecular formula is C16H16FN. The summed E-state index contributed by atoms with van der Waals surface area (Å²) >= 11 is 0. The maximum Gasteiger partial charge on any atom is 0.131 e. The lowest BCUT2D eigenvalue weighted by Gasteiger charge is -2.01. The van der Waals surface area contributed by atoms with Crippen molar-refractivity contribution in [2.24, 2.45) is 5.73 Å². The molecule has 0 saturated carbocycles. The monoisotopic (exact) mass is 241 g/mol. The van der Waals surface area contributed by atoms with E-state index in [1.54, 1.807) is 12.1 Å². The standard InChI is InChI=1S/C16H16FN/c17-16-11-10-13(7-3-1-2-6-12-18)14-8-4-5-9-15(14)16/h4-5,8-11H,1-2,6,12,18H2. The fourth-order valence-corrected chi connectivity index (χ4v) is 1.89. The van der Waals surface area contributed by atoms with Crippen molar-refractivity contribution in [1.29, 1.82) is 0 Å². The summed E-state index contributed by atoms with van der Waals surface area (Å²) in [7, 11) is 0. The van der Waals surface area contributed by atoms with E-state index in [2.05, 4.69) is 11.8 Å². The van der Waals surface area contributed by atoms with Crippen molar-refractivity contribution in [3.8, 4) is 11.8 Å². The average molecular weight is 241 g/mol. The highest BCUT2D eigenvalue weighted by atomic mass is 19.1. The molecular weight excluding hydrogens is 225 g/mol. The van der Waals surface area contributed by atoms with Gasteiger partial charge in [-0.05, 0) is 31.5 Å². The van der Waals surface area contributed by atoms with Crippen molar-refractivity contribution in [3.05, 3.63) is 47.8 Å². The molecule has 0 atom stereocenters. The van der Waals surface area contributed by atoms with Crippen LogP contribution in [0.1, 0.15) is 24.8 Å². The van der Waals surface area contributed by atoms with Gasteiger partial charge in [0.05, 0.1) is 0 Å². The minimum atomic E-state index is -0.195. The predicted molar refractivity (Wildman–Crippen MR) is 73.7 cm³/mol. The van der Waals surface area contributed by atoms with Crippen LogP contribution in [0.5, 0.6) is 0 Å². The quantitative estimate of drug-likeness (QED) is 0.646. The Kier molecular flexibility index (Phi) is 4.33. The molecule has 2 aromatic carbocycles. The summed E-state index contributed by atoms with van der Waals surface area (Å²) in [6.07, 6.45) is 2.85. The van der Waals surface area contributed by atoms with Crippen LogP contribution in [0.2, 0.25) is 0 Å². The van der Waals surface area contributed by atoms with Crippen LogP contribution in [0.15, 0.2) is 36.4 Å². The van der Waals surface area contributed by atoms with Gasteiger partial charge in [0, 0.05) is 22.8 Å². The Balaban J connectivity index is 2.26. The molecule has 0 unspecified atom stereocenters. The Bertz CT molecular complexity index is 593. The van der Waals surface area contributed by atoms with Crippen LogP contribution in [0.4, 0.5) is 4.39 Å².